The number of methoxy groups -OCH3 is 1. The van der Waals surface area contributed by atoms with E-state index >= 15 is 0 Å². The molecule has 1 heterocycles. The Hall–Kier alpha value is -1.97. The van der Waals surface area contributed by atoms with Crippen molar-refractivity contribution in [3.05, 3.63) is 30.0 Å². The second-order valence-corrected chi connectivity index (χ2v) is 4.72. The van der Waals surface area contributed by atoms with E-state index in [9.17, 15) is 0 Å². The smallest absolute Gasteiger partial charge is 0.153 e. The molecule has 0 aliphatic rings. The topological polar surface area (TPSA) is 53.1 Å². The van der Waals surface area contributed by atoms with Crippen LogP contribution in [0, 0.1) is 0 Å². The Kier molecular flexibility index (Phi) is 3.28. The van der Waals surface area contributed by atoms with Crippen LogP contribution in [0.25, 0.3) is 11.1 Å². The first-order valence-electron chi connectivity index (χ1n) is 6.00. The van der Waals surface area contributed by atoms with Crippen LogP contribution in [-0.4, -0.2) is 16.9 Å². The van der Waals surface area contributed by atoms with Crippen LogP contribution in [0.15, 0.2) is 24.4 Å². The molecule has 18 heavy (non-hydrogen) atoms. The highest BCUT2D eigenvalue weighted by Crippen LogP contribution is 2.35. The number of hydrogen-bond acceptors (Lipinski definition) is 3. The first kappa shape index (κ1) is 12.5. The average Bonchev–Trinajstić information content (AvgIpc) is 2.67. The molecule has 0 saturated heterocycles. The standard InChI is InChI=1S/C14H19N3O/c1-9(2)10-5-6-13(18-4)11(7-10)12-8-17(3)16-14(12)15/h5-9H,1-4H3,(H2,15,16). The Labute approximate surface area is 107 Å². The zero-order valence-electron chi connectivity index (χ0n) is 11.3. The van der Waals surface area contributed by atoms with Crippen LogP contribution in [0.2, 0.25) is 0 Å². The van der Waals surface area contributed by atoms with Crippen molar-refractivity contribution in [1.82, 2.24) is 9.78 Å². The summed E-state index contributed by atoms with van der Waals surface area (Å²) >= 11 is 0. The summed E-state index contributed by atoms with van der Waals surface area (Å²) in [4.78, 5) is 0. The third-order valence-corrected chi connectivity index (χ3v) is 3.04. The Morgan fingerprint density at radius 1 is 1.28 bits per heavy atom. The van der Waals surface area contributed by atoms with Crippen molar-refractivity contribution in [1.29, 1.82) is 0 Å². The fourth-order valence-corrected chi connectivity index (χ4v) is 2.01. The lowest BCUT2D eigenvalue weighted by molar-refractivity contribution is 0.416. The van der Waals surface area contributed by atoms with Gasteiger partial charge in [0, 0.05) is 24.4 Å². The lowest BCUT2D eigenvalue weighted by atomic mass is 9.97. The number of benzene rings is 1. The maximum absolute atomic E-state index is 5.94. The van der Waals surface area contributed by atoms with Crippen molar-refractivity contribution >= 4 is 5.82 Å². The number of ether oxygens (including phenoxy) is 1. The summed E-state index contributed by atoms with van der Waals surface area (Å²) in [5, 5.41) is 4.18. The summed E-state index contributed by atoms with van der Waals surface area (Å²) in [6, 6.07) is 6.19. The molecule has 1 aromatic carbocycles. The zero-order chi connectivity index (χ0) is 13.3. The van der Waals surface area contributed by atoms with Gasteiger partial charge < -0.3 is 10.5 Å². The summed E-state index contributed by atoms with van der Waals surface area (Å²) < 4.78 is 7.12. The quantitative estimate of drug-likeness (QED) is 0.904. The van der Waals surface area contributed by atoms with Gasteiger partial charge in [0.1, 0.15) is 5.75 Å². The molecule has 4 nitrogen and oxygen atoms in total. The molecule has 0 aliphatic carbocycles. The van der Waals surface area contributed by atoms with E-state index in [0.717, 1.165) is 16.9 Å². The Morgan fingerprint density at radius 3 is 2.50 bits per heavy atom. The number of anilines is 1. The lowest BCUT2D eigenvalue weighted by Crippen LogP contribution is -1.94. The highest BCUT2D eigenvalue weighted by Gasteiger charge is 2.13. The van der Waals surface area contributed by atoms with E-state index in [1.807, 2.05) is 19.3 Å². The molecule has 2 aromatic rings. The van der Waals surface area contributed by atoms with Crippen molar-refractivity contribution in [3.63, 3.8) is 0 Å². The van der Waals surface area contributed by atoms with Gasteiger partial charge in [0.05, 0.1) is 7.11 Å². The van der Waals surface area contributed by atoms with Gasteiger partial charge >= 0.3 is 0 Å². The zero-order valence-corrected chi connectivity index (χ0v) is 11.3. The van der Waals surface area contributed by atoms with Crippen molar-refractivity contribution in [2.24, 2.45) is 7.05 Å². The summed E-state index contributed by atoms with van der Waals surface area (Å²) in [6.45, 7) is 4.33. The molecule has 2 rings (SSSR count). The Balaban J connectivity index is 2.60. The lowest BCUT2D eigenvalue weighted by Gasteiger charge is -2.12. The number of nitrogen functional groups attached to an aromatic ring is 1. The molecule has 0 saturated carbocycles. The molecule has 2 N–H and O–H groups in total. The van der Waals surface area contributed by atoms with Gasteiger partial charge in [0.2, 0.25) is 0 Å². The first-order valence-corrected chi connectivity index (χ1v) is 6.00. The monoisotopic (exact) mass is 245 g/mol. The predicted molar refractivity (Wildman–Crippen MR) is 73.7 cm³/mol. The Morgan fingerprint density at radius 2 is 2.00 bits per heavy atom. The molecule has 0 bridgehead atoms. The largest absolute Gasteiger partial charge is 0.496 e. The molecule has 0 atom stereocenters. The summed E-state index contributed by atoms with van der Waals surface area (Å²) in [7, 11) is 3.53. The molecule has 0 aliphatic heterocycles. The number of nitrogens with zero attached hydrogens (tertiary/aromatic N) is 2. The van der Waals surface area contributed by atoms with E-state index in [0.29, 0.717) is 11.7 Å². The normalized spacial score (nSPS) is 10.9. The van der Waals surface area contributed by atoms with Crippen LogP contribution in [0.3, 0.4) is 0 Å². The predicted octanol–water partition coefficient (Wildman–Crippen LogP) is 2.80. The van der Waals surface area contributed by atoms with Crippen LogP contribution in [0.5, 0.6) is 5.75 Å². The first-order chi connectivity index (χ1) is 8.52. The van der Waals surface area contributed by atoms with E-state index in [2.05, 4.69) is 31.1 Å². The molecule has 0 spiro atoms. The molecular weight excluding hydrogens is 226 g/mol. The van der Waals surface area contributed by atoms with Gasteiger partial charge in [-0.1, -0.05) is 19.9 Å². The molecule has 0 radical (unpaired) electrons. The van der Waals surface area contributed by atoms with Crippen LogP contribution < -0.4 is 10.5 Å². The van der Waals surface area contributed by atoms with Gasteiger partial charge in [0.15, 0.2) is 5.82 Å². The maximum Gasteiger partial charge on any atom is 0.153 e. The van der Waals surface area contributed by atoms with E-state index in [-0.39, 0.29) is 0 Å². The molecule has 1 aromatic heterocycles. The molecule has 96 valence electrons. The fraction of sp³-hybridized carbons (Fsp3) is 0.357. The second-order valence-electron chi connectivity index (χ2n) is 4.72. The molecular formula is C14H19N3O. The van der Waals surface area contributed by atoms with Crippen molar-refractivity contribution in [2.45, 2.75) is 19.8 Å². The van der Waals surface area contributed by atoms with Gasteiger partial charge in [-0.25, -0.2) is 0 Å². The summed E-state index contributed by atoms with van der Waals surface area (Å²) in [5.41, 5.74) is 9.10. The van der Waals surface area contributed by atoms with E-state index in [1.54, 1.807) is 11.8 Å². The van der Waals surface area contributed by atoms with E-state index in [1.165, 1.54) is 5.56 Å². The van der Waals surface area contributed by atoms with Crippen LogP contribution >= 0.6 is 0 Å². The van der Waals surface area contributed by atoms with Crippen LogP contribution in [0.1, 0.15) is 25.3 Å². The molecule has 4 heteroatoms. The van der Waals surface area contributed by atoms with Crippen molar-refractivity contribution in [2.75, 3.05) is 12.8 Å². The number of aromatic nitrogens is 2. The third-order valence-electron chi connectivity index (χ3n) is 3.04. The molecule has 0 fully saturated rings. The van der Waals surface area contributed by atoms with Gasteiger partial charge in [-0.15, -0.1) is 0 Å². The van der Waals surface area contributed by atoms with Gasteiger partial charge in [-0.05, 0) is 23.6 Å². The molecule has 0 amide bonds. The minimum atomic E-state index is 0.465. The summed E-state index contributed by atoms with van der Waals surface area (Å²) in [6.07, 6.45) is 1.91. The van der Waals surface area contributed by atoms with Gasteiger partial charge in [0.25, 0.3) is 0 Å². The molecule has 0 unspecified atom stereocenters. The number of nitrogens with two attached hydrogens (primary N) is 1. The number of hydrogen-bond donors (Lipinski definition) is 1. The minimum Gasteiger partial charge on any atom is -0.496 e. The van der Waals surface area contributed by atoms with Crippen molar-refractivity contribution < 1.29 is 4.74 Å². The van der Waals surface area contributed by atoms with Crippen molar-refractivity contribution in [3.8, 4) is 16.9 Å². The summed E-state index contributed by atoms with van der Waals surface area (Å²) in [5.74, 6) is 1.81. The van der Waals surface area contributed by atoms with E-state index < -0.39 is 0 Å². The highest BCUT2D eigenvalue weighted by atomic mass is 16.5. The van der Waals surface area contributed by atoms with Crippen LogP contribution in [-0.2, 0) is 7.05 Å². The minimum absolute atomic E-state index is 0.465. The van der Waals surface area contributed by atoms with E-state index in [4.69, 9.17) is 10.5 Å². The van der Waals surface area contributed by atoms with Gasteiger partial charge in [-0.3, -0.25) is 4.68 Å². The number of aryl methyl sites for hydroxylation is 1. The highest BCUT2D eigenvalue weighted by molar-refractivity contribution is 5.78. The second kappa shape index (κ2) is 4.72. The van der Waals surface area contributed by atoms with Gasteiger partial charge in [-0.2, -0.15) is 5.10 Å². The number of rotatable bonds is 3. The third kappa shape index (κ3) is 2.18. The Bertz CT molecular complexity index is 558. The van der Waals surface area contributed by atoms with Crippen LogP contribution in [0.4, 0.5) is 5.82 Å². The average molecular weight is 245 g/mol. The fourth-order valence-electron chi connectivity index (χ4n) is 2.01. The maximum atomic E-state index is 5.94. The SMILES string of the molecule is COc1ccc(C(C)C)cc1-c1cn(C)nc1N.